The molecule has 1 aromatic rings. The van der Waals surface area contributed by atoms with Gasteiger partial charge in [0, 0.05) is 0 Å². The smallest absolute Gasteiger partial charge is 0.192 e. The van der Waals surface area contributed by atoms with Gasteiger partial charge in [0.1, 0.15) is 0 Å². The summed E-state index contributed by atoms with van der Waals surface area (Å²) in [5.74, 6) is 4.72. The SMILES string of the molecule is CC(C)(C)[Si](C)(C)O[C@@H](C/C=C/c1ccccc1)C1C2CC3CC(C2)CC1C3. The van der Waals surface area contributed by atoms with Crippen LogP contribution < -0.4 is 0 Å². The quantitative estimate of drug-likeness (QED) is 0.451. The van der Waals surface area contributed by atoms with Crippen LogP contribution in [0.5, 0.6) is 0 Å². The van der Waals surface area contributed by atoms with Gasteiger partial charge in [-0.25, -0.2) is 0 Å². The second kappa shape index (κ2) is 7.76. The molecule has 0 N–H and O–H groups in total. The van der Waals surface area contributed by atoms with Crippen LogP contribution in [0.4, 0.5) is 0 Å². The van der Waals surface area contributed by atoms with E-state index in [4.69, 9.17) is 4.43 Å². The van der Waals surface area contributed by atoms with E-state index in [1.807, 2.05) is 0 Å². The van der Waals surface area contributed by atoms with Crippen LogP contribution in [0.15, 0.2) is 36.4 Å². The number of hydrogen-bond acceptors (Lipinski definition) is 1. The standard InChI is InChI=1S/C26H40OSi/c1-26(2,3)28(4,5)27-24(13-9-12-19-10-7-6-8-11-19)25-22-15-20-14-21(17-22)18-23(25)16-20/h6-12,20-25H,13-18H2,1-5H3/b12-9+/t20?,21?,22?,23?,24-,25?/m0/s1. The predicted octanol–water partition coefficient (Wildman–Crippen LogP) is 7.55. The fourth-order valence-electron chi connectivity index (χ4n) is 6.32. The molecule has 4 saturated carbocycles. The molecule has 0 heterocycles. The lowest BCUT2D eigenvalue weighted by Gasteiger charge is -2.57. The van der Waals surface area contributed by atoms with E-state index in [1.165, 1.54) is 37.7 Å². The third-order valence-electron chi connectivity index (χ3n) is 8.46. The average molecular weight is 397 g/mol. The Balaban J connectivity index is 1.54. The van der Waals surface area contributed by atoms with Gasteiger partial charge in [-0.3, -0.25) is 0 Å². The van der Waals surface area contributed by atoms with Crippen molar-refractivity contribution in [1.82, 2.24) is 0 Å². The monoisotopic (exact) mass is 396 g/mol. The molecule has 1 atom stereocenters. The summed E-state index contributed by atoms with van der Waals surface area (Å²) >= 11 is 0. The first-order chi connectivity index (χ1) is 13.2. The summed E-state index contributed by atoms with van der Waals surface area (Å²) in [4.78, 5) is 0. The summed E-state index contributed by atoms with van der Waals surface area (Å²) in [6, 6.07) is 10.7. The molecular formula is C26H40OSi. The lowest BCUT2D eigenvalue weighted by Crippen LogP contribution is -2.53. The third kappa shape index (κ3) is 4.19. The molecule has 0 saturated heterocycles. The Hall–Kier alpha value is -0.863. The molecule has 0 amide bonds. The molecule has 4 bridgehead atoms. The van der Waals surface area contributed by atoms with E-state index in [9.17, 15) is 0 Å². The zero-order chi connectivity index (χ0) is 19.9. The van der Waals surface area contributed by atoms with Gasteiger partial charge in [0.25, 0.3) is 0 Å². The Morgan fingerprint density at radius 1 is 0.964 bits per heavy atom. The van der Waals surface area contributed by atoms with Gasteiger partial charge in [-0.05, 0) is 91.8 Å². The van der Waals surface area contributed by atoms with Crippen LogP contribution in [0.1, 0.15) is 64.9 Å². The van der Waals surface area contributed by atoms with Crippen LogP contribution in [-0.4, -0.2) is 14.4 Å². The molecule has 4 aliphatic rings. The van der Waals surface area contributed by atoms with Crippen molar-refractivity contribution in [2.24, 2.45) is 29.6 Å². The topological polar surface area (TPSA) is 9.23 Å². The number of hydrogen-bond donors (Lipinski definition) is 0. The van der Waals surface area contributed by atoms with Crippen molar-refractivity contribution in [1.29, 1.82) is 0 Å². The van der Waals surface area contributed by atoms with Crippen molar-refractivity contribution < 1.29 is 4.43 Å². The maximum atomic E-state index is 7.15. The van der Waals surface area contributed by atoms with E-state index in [1.54, 1.807) is 0 Å². The lowest BCUT2D eigenvalue weighted by atomic mass is 9.50. The minimum absolute atomic E-state index is 0.278. The molecule has 2 heteroatoms. The summed E-state index contributed by atoms with van der Waals surface area (Å²) in [6.45, 7) is 12.0. The maximum Gasteiger partial charge on any atom is 0.192 e. The fourth-order valence-corrected chi connectivity index (χ4v) is 7.68. The summed E-state index contributed by atoms with van der Waals surface area (Å²) in [6.07, 6.45) is 13.7. The van der Waals surface area contributed by atoms with E-state index >= 15 is 0 Å². The van der Waals surface area contributed by atoms with E-state index in [-0.39, 0.29) is 5.04 Å². The molecule has 28 heavy (non-hydrogen) atoms. The van der Waals surface area contributed by atoms with Gasteiger partial charge in [0.2, 0.25) is 0 Å². The molecule has 0 aliphatic heterocycles. The highest BCUT2D eigenvalue weighted by Gasteiger charge is 2.52. The third-order valence-corrected chi connectivity index (χ3v) is 13.0. The Bertz CT molecular complexity index is 656. The van der Waals surface area contributed by atoms with Crippen molar-refractivity contribution in [3.63, 3.8) is 0 Å². The fraction of sp³-hybridized carbons (Fsp3) is 0.692. The van der Waals surface area contributed by atoms with E-state index in [2.05, 4.69) is 76.3 Å². The molecule has 1 aromatic carbocycles. The maximum absolute atomic E-state index is 7.15. The predicted molar refractivity (Wildman–Crippen MR) is 123 cm³/mol. The summed E-state index contributed by atoms with van der Waals surface area (Å²) in [5.41, 5.74) is 1.30. The molecule has 4 fully saturated rings. The van der Waals surface area contributed by atoms with Gasteiger partial charge in [-0.2, -0.15) is 0 Å². The number of benzene rings is 1. The van der Waals surface area contributed by atoms with Crippen LogP contribution in [0.25, 0.3) is 6.08 Å². The van der Waals surface area contributed by atoms with E-state index in [0.717, 1.165) is 36.0 Å². The Labute approximate surface area is 174 Å². The van der Waals surface area contributed by atoms with Gasteiger partial charge < -0.3 is 4.43 Å². The van der Waals surface area contributed by atoms with Crippen LogP contribution in [-0.2, 0) is 4.43 Å². The van der Waals surface area contributed by atoms with Crippen molar-refractivity contribution in [3.05, 3.63) is 42.0 Å². The van der Waals surface area contributed by atoms with Crippen molar-refractivity contribution >= 4 is 14.4 Å². The Kier molecular flexibility index (Phi) is 5.66. The Morgan fingerprint density at radius 2 is 1.54 bits per heavy atom. The molecule has 0 unspecified atom stereocenters. The van der Waals surface area contributed by atoms with Crippen molar-refractivity contribution in [2.45, 2.75) is 83.5 Å². The van der Waals surface area contributed by atoms with Crippen LogP contribution in [0.2, 0.25) is 18.1 Å². The first-order valence-electron chi connectivity index (χ1n) is 11.6. The Morgan fingerprint density at radius 3 is 2.07 bits per heavy atom. The molecule has 154 valence electrons. The van der Waals surface area contributed by atoms with Crippen molar-refractivity contribution in [3.8, 4) is 0 Å². The van der Waals surface area contributed by atoms with Gasteiger partial charge in [0.05, 0.1) is 6.10 Å². The first-order valence-corrected chi connectivity index (χ1v) is 14.5. The zero-order valence-corrected chi connectivity index (χ0v) is 19.7. The second-order valence-electron chi connectivity index (χ2n) is 11.5. The second-order valence-corrected chi connectivity index (χ2v) is 16.2. The average Bonchev–Trinajstić information content (AvgIpc) is 2.60. The van der Waals surface area contributed by atoms with Crippen LogP contribution in [0, 0.1) is 29.6 Å². The van der Waals surface area contributed by atoms with Gasteiger partial charge in [-0.1, -0.05) is 63.3 Å². The lowest BCUT2D eigenvalue weighted by molar-refractivity contribution is -0.0840. The van der Waals surface area contributed by atoms with Gasteiger partial charge >= 0.3 is 0 Å². The van der Waals surface area contributed by atoms with Gasteiger partial charge in [-0.15, -0.1) is 0 Å². The molecule has 1 nitrogen and oxygen atoms in total. The summed E-state index contributed by atoms with van der Waals surface area (Å²) < 4.78 is 7.15. The summed E-state index contributed by atoms with van der Waals surface area (Å²) in [5, 5.41) is 0.278. The molecule has 0 aromatic heterocycles. The van der Waals surface area contributed by atoms with E-state index in [0.29, 0.717) is 6.10 Å². The van der Waals surface area contributed by atoms with Crippen molar-refractivity contribution in [2.75, 3.05) is 0 Å². The zero-order valence-electron chi connectivity index (χ0n) is 18.7. The molecule has 0 spiro atoms. The van der Waals surface area contributed by atoms with Crippen LogP contribution >= 0.6 is 0 Å². The molecule has 0 radical (unpaired) electrons. The highest BCUT2D eigenvalue weighted by molar-refractivity contribution is 6.74. The highest BCUT2D eigenvalue weighted by atomic mass is 28.4. The van der Waals surface area contributed by atoms with Crippen LogP contribution in [0.3, 0.4) is 0 Å². The van der Waals surface area contributed by atoms with Gasteiger partial charge in [0.15, 0.2) is 8.32 Å². The minimum atomic E-state index is -1.77. The largest absolute Gasteiger partial charge is 0.413 e. The molecule has 4 aliphatic carbocycles. The molecular weight excluding hydrogens is 356 g/mol. The summed E-state index contributed by atoms with van der Waals surface area (Å²) in [7, 11) is -1.77. The minimum Gasteiger partial charge on any atom is -0.413 e. The highest BCUT2D eigenvalue weighted by Crippen LogP contribution is 2.58. The first kappa shape index (κ1) is 20.4. The molecule has 5 rings (SSSR count). The van der Waals surface area contributed by atoms with E-state index < -0.39 is 8.32 Å². The number of rotatable bonds is 6. The normalized spacial score (nSPS) is 33.5.